The van der Waals surface area contributed by atoms with Gasteiger partial charge in [0.25, 0.3) is 0 Å². The van der Waals surface area contributed by atoms with E-state index in [-0.39, 0.29) is 0 Å². The van der Waals surface area contributed by atoms with Crippen LogP contribution in [0.1, 0.15) is 0 Å². The lowest BCUT2D eigenvalue weighted by atomic mass is 10.8. The van der Waals surface area contributed by atoms with E-state index in [4.69, 9.17) is 0 Å². The van der Waals surface area contributed by atoms with Crippen LogP contribution in [0.25, 0.3) is 0 Å². The third kappa shape index (κ3) is 0.897. The van der Waals surface area contributed by atoms with Crippen LogP contribution in [0.15, 0.2) is 5.10 Å². The lowest BCUT2D eigenvalue weighted by Gasteiger charge is -1.99. The quantitative estimate of drug-likeness (QED) is 0.469. The lowest BCUT2D eigenvalue weighted by Crippen LogP contribution is -2.13. The highest BCUT2D eigenvalue weighted by atomic mass is 32.2. The van der Waals surface area contributed by atoms with Crippen molar-refractivity contribution in [2.45, 2.75) is 0 Å². The fourth-order valence-electron chi connectivity index (χ4n) is 0.263. The Morgan fingerprint density at radius 1 is 1.83 bits per heavy atom. The van der Waals surface area contributed by atoms with Crippen LogP contribution in [-0.4, -0.2) is 17.8 Å². The van der Waals surface area contributed by atoms with Crippen molar-refractivity contribution in [1.29, 1.82) is 0 Å². The second-order valence-electron chi connectivity index (χ2n) is 0.960. The summed E-state index contributed by atoms with van der Waals surface area (Å²) >= 11 is 1.62. The zero-order valence-corrected chi connectivity index (χ0v) is 4.09. The van der Waals surface area contributed by atoms with E-state index in [2.05, 4.69) is 16.1 Å². The van der Waals surface area contributed by atoms with Crippen LogP contribution < -0.4 is 5.43 Å². The maximum atomic E-state index is 3.64. The van der Waals surface area contributed by atoms with Gasteiger partial charge in [0.05, 0.1) is 0 Å². The Bertz CT molecular complexity index is 53.8. The van der Waals surface area contributed by atoms with E-state index in [1.165, 1.54) is 0 Å². The van der Waals surface area contributed by atoms with Crippen LogP contribution in [0.3, 0.4) is 0 Å². The van der Waals surface area contributed by atoms with Crippen molar-refractivity contribution in [3.05, 3.63) is 0 Å². The number of hydrazone groups is 1. The van der Waals surface area contributed by atoms with E-state index in [1.54, 1.807) is 11.8 Å². The highest BCUT2D eigenvalue weighted by Gasteiger charge is 1.87. The second kappa shape index (κ2) is 2.08. The second-order valence-corrected chi connectivity index (χ2v) is 1.84. The molecule has 1 N–H and O–H groups in total. The van der Waals surface area contributed by atoms with Gasteiger partial charge in [-0.3, -0.25) is 0 Å². The van der Waals surface area contributed by atoms with E-state index < -0.39 is 0 Å². The molecule has 0 fully saturated rings. The number of rotatable bonds is 0. The van der Waals surface area contributed by atoms with Crippen LogP contribution in [-0.2, 0) is 0 Å². The minimum atomic E-state index is 0.984. The van der Waals surface area contributed by atoms with Gasteiger partial charge in [-0.15, -0.1) is 0 Å². The Balaban J connectivity index is 2.26. The SMILES string of the molecule is [C]1=NNCCS1. The largest absolute Gasteiger partial charge is 0.308 e. The predicted octanol–water partition coefficient (Wildman–Crippen LogP) is 0.143. The van der Waals surface area contributed by atoms with E-state index in [0.717, 1.165) is 12.3 Å². The van der Waals surface area contributed by atoms with Gasteiger partial charge in [0.1, 0.15) is 0 Å². The fourth-order valence-corrected chi connectivity index (χ4v) is 0.677. The zero-order chi connectivity index (χ0) is 4.24. The molecule has 0 saturated carbocycles. The summed E-state index contributed by atoms with van der Waals surface area (Å²) in [4.78, 5) is 0. The highest BCUT2D eigenvalue weighted by Crippen LogP contribution is 1.94. The summed E-state index contributed by atoms with van der Waals surface area (Å²) < 4.78 is 0. The Labute approximate surface area is 41.0 Å². The van der Waals surface area contributed by atoms with Crippen LogP contribution in [0.4, 0.5) is 0 Å². The Morgan fingerprint density at radius 2 is 2.83 bits per heavy atom. The molecule has 1 aliphatic rings. The molecule has 0 atom stereocenters. The number of hydrogen-bond acceptors (Lipinski definition) is 3. The molecule has 1 rings (SSSR count). The summed E-state index contributed by atoms with van der Waals surface area (Å²) in [5.41, 5.74) is 5.49. The Hall–Kier alpha value is -0.180. The molecule has 0 aliphatic carbocycles. The van der Waals surface area contributed by atoms with Crippen molar-refractivity contribution in [2.24, 2.45) is 5.10 Å². The Morgan fingerprint density at radius 3 is 3.00 bits per heavy atom. The van der Waals surface area contributed by atoms with Crippen molar-refractivity contribution in [1.82, 2.24) is 5.43 Å². The van der Waals surface area contributed by atoms with Gasteiger partial charge in [0.2, 0.25) is 0 Å². The van der Waals surface area contributed by atoms with Gasteiger partial charge in [0.15, 0.2) is 5.55 Å². The zero-order valence-electron chi connectivity index (χ0n) is 3.27. The van der Waals surface area contributed by atoms with Crippen molar-refractivity contribution >= 4 is 17.3 Å². The molecule has 0 spiro atoms. The van der Waals surface area contributed by atoms with Crippen LogP contribution in [0.5, 0.6) is 0 Å². The van der Waals surface area contributed by atoms with Crippen molar-refractivity contribution in [3.63, 3.8) is 0 Å². The van der Waals surface area contributed by atoms with Gasteiger partial charge >= 0.3 is 0 Å². The Kier molecular flexibility index (Phi) is 1.38. The standard InChI is InChI=1S/C3H5N2S/c1-2-6-3-5-4-1/h4H,1-2H2. The van der Waals surface area contributed by atoms with E-state index in [0.29, 0.717) is 0 Å². The molecule has 0 unspecified atom stereocenters. The summed E-state index contributed by atoms with van der Waals surface area (Å²) in [6.45, 7) is 0.984. The highest BCUT2D eigenvalue weighted by molar-refractivity contribution is 8.12. The first-order valence-corrected chi connectivity index (χ1v) is 2.78. The summed E-state index contributed by atoms with van der Waals surface area (Å²) in [6, 6.07) is 0. The molecule has 1 heterocycles. The molecular formula is C3H5N2S. The smallest absolute Gasteiger partial charge is 0.150 e. The number of nitrogens with zero attached hydrogens (tertiary/aromatic N) is 1. The lowest BCUT2D eigenvalue weighted by molar-refractivity contribution is 0.791. The number of nitrogens with one attached hydrogen (secondary N) is 1. The molecule has 1 aliphatic heterocycles. The van der Waals surface area contributed by atoms with Crippen LogP contribution in [0.2, 0.25) is 0 Å². The monoisotopic (exact) mass is 101 g/mol. The first-order valence-electron chi connectivity index (χ1n) is 1.79. The molecule has 0 bridgehead atoms. The van der Waals surface area contributed by atoms with Gasteiger partial charge in [-0.1, -0.05) is 11.8 Å². The maximum Gasteiger partial charge on any atom is 0.150 e. The minimum Gasteiger partial charge on any atom is -0.308 e. The summed E-state index contributed by atoms with van der Waals surface area (Å²) in [6.07, 6.45) is 0. The summed E-state index contributed by atoms with van der Waals surface area (Å²) in [5, 5.41) is 3.64. The first-order chi connectivity index (χ1) is 3.00. The molecule has 3 heteroatoms. The third-order valence-electron chi connectivity index (χ3n) is 0.505. The number of hydrogen-bond donors (Lipinski definition) is 1. The van der Waals surface area contributed by atoms with Crippen molar-refractivity contribution in [2.75, 3.05) is 12.3 Å². The topological polar surface area (TPSA) is 24.4 Å². The van der Waals surface area contributed by atoms with Crippen molar-refractivity contribution < 1.29 is 0 Å². The molecular weight excluding hydrogens is 96.1 g/mol. The molecule has 1 radical (unpaired) electrons. The molecule has 6 heavy (non-hydrogen) atoms. The van der Waals surface area contributed by atoms with Gasteiger partial charge < -0.3 is 5.43 Å². The van der Waals surface area contributed by atoms with E-state index >= 15 is 0 Å². The van der Waals surface area contributed by atoms with Gasteiger partial charge in [-0.05, 0) is 0 Å². The molecule has 0 aromatic carbocycles. The predicted molar refractivity (Wildman–Crippen MR) is 27.9 cm³/mol. The first kappa shape index (κ1) is 3.99. The normalized spacial score (nSPS) is 20.0. The summed E-state index contributed by atoms with van der Waals surface area (Å²) in [5.74, 6) is 1.10. The fraction of sp³-hybridized carbons (Fsp3) is 0.667. The molecule has 0 amide bonds. The maximum absolute atomic E-state index is 3.64. The van der Waals surface area contributed by atoms with E-state index in [9.17, 15) is 0 Å². The van der Waals surface area contributed by atoms with Crippen LogP contribution in [0, 0.1) is 0 Å². The average molecular weight is 101 g/mol. The molecule has 0 saturated heterocycles. The third-order valence-corrected chi connectivity index (χ3v) is 1.13. The summed E-state index contributed by atoms with van der Waals surface area (Å²) in [7, 11) is 0. The van der Waals surface area contributed by atoms with Crippen molar-refractivity contribution in [3.8, 4) is 0 Å². The van der Waals surface area contributed by atoms with Gasteiger partial charge in [-0.25, -0.2) is 0 Å². The minimum absolute atomic E-state index is 0.984. The van der Waals surface area contributed by atoms with E-state index in [1.807, 2.05) is 0 Å². The van der Waals surface area contributed by atoms with Crippen LogP contribution >= 0.6 is 11.8 Å². The van der Waals surface area contributed by atoms with Gasteiger partial charge in [-0.2, -0.15) is 5.10 Å². The average Bonchev–Trinajstić information content (AvgIpc) is 1.72. The van der Waals surface area contributed by atoms with Gasteiger partial charge in [0, 0.05) is 12.3 Å². The number of thioether (sulfide) groups is 1. The molecule has 0 aromatic rings. The molecule has 0 aromatic heterocycles. The molecule has 2 nitrogen and oxygen atoms in total. The molecule has 33 valence electrons.